The Balaban J connectivity index is 1.79. The van der Waals surface area contributed by atoms with E-state index in [1.165, 1.54) is 19.3 Å². The number of nitrogens with two attached hydrogens (primary N) is 1. The molecular weight excluding hydrogens is 380 g/mol. The minimum absolute atomic E-state index is 0.194. The summed E-state index contributed by atoms with van der Waals surface area (Å²) in [6.45, 7) is 0. The van der Waals surface area contributed by atoms with Gasteiger partial charge in [0.15, 0.2) is 11.5 Å². The molecule has 0 aromatic heterocycles. The molecule has 0 unspecified atom stereocenters. The number of amides is 1. The monoisotopic (exact) mass is 398 g/mol. The molecule has 3 rings (SSSR count). The molecule has 3 aromatic carbocycles. The van der Waals surface area contributed by atoms with E-state index < -0.39 is 11.9 Å². The van der Waals surface area contributed by atoms with Crippen molar-refractivity contribution in [1.29, 1.82) is 5.26 Å². The quantitative estimate of drug-likeness (QED) is 0.293. The van der Waals surface area contributed by atoms with Gasteiger partial charge in [0.25, 0.3) is 5.91 Å². The molecule has 0 atom stereocenters. The van der Waals surface area contributed by atoms with Gasteiger partial charge in [-0.2, -0.15) is 5.26 Å². The fourth-order valence-electron chi connectivity index (χ4n) is 2.77. The van der Waals surface area contributed by atoms with Crippen LogP contribution in [0, 0.1) is 11.3 Å². The second kappa shape index (κ2) is 9.22. The van der Waals surface area contributed by atoms with Crippen molar-refractivity contribution in [3.05, 3.63) is 89.5 Å². The van der Waals surface area contributed by atoms with Crippen LogP contribution in [0.3, 0.4) is 0 Å². The standard InChI is InChI=1S/C24H18N2O4/c1-29-22-14-16(13-20(15-25)23(26)27)7-12-21(22)30-24(28)19-10-8-18(9-11-19)17-5-3-2-4-6-17/h2-14H,1H3,(H2,26,27)/b20-13+. The molecule has 0 heterocycles. The number of nitrogens with zero attached hydrogens (tertiary/aromatic N) is 1. The Hall–Kier alpha value is -4.37. The highest BCUT2D eigenvalue weighted by Crippen LogP contribution is 2.30. The fraction of sp³-hybridized carbons (Fsp3) is 0.0417. The van der Waals surface area contributed by atoms with Crippen LogP contribution in [0.15, 0.2) is 78.4 Å². The summed E-state index contributed by atoms with van der Waals surface area (Å²) >= 11 is 0. The van der Waals surface area contributed by atoms with Crippen LogP contribution in [0.4, 0.5) is 0 Å². The average molecular weight is 398 g/mol. The largest absolute Gasteiger partial charge is 0.493 e. The minimum atomic E-state index is -0.828. The zero-order valence-electron chi connectivity index (χ0n) is 16.2. The number of ether oxygens (including phenoxy) is 2. The summed E-state index contributed by atoms with van der Waals surface area (Å²) in [6, 6.07) is 23.3. The van der Waals surface area contributed by atoms with E-state index in [1.807, 2.05) is 42.5 Å². The molecule has 2 N–H and O–H groups in total. The van der Waals surface area contributed by atoms with Gasteiger partial charge in [0, 0.05) is 0 Å². The predicted octanol–water partition coefficient (Wildman–Crippen LogP) is 3.97. The number of nitriles is 1. The van der Waals surface area contributed by atoms with Crippen LogP contribution in [-0.2, 0) is 4.79 Å². The Labute approximate surface area is 173 Å². The highest BCUT2D eigenvalue weighted by atomic mass is 16.6. The van der Waals surface area contributed by atoms with Gasteiger partial charge in [-0.3, -0.25) is 4.79 Å². The fourth-order valence-corrected chi connectivity index (χ4v) is 2.77. The summed E-state index contributed by atoms with van der Waals surface area (Å²) in [4.78, 5) is 23.7. The number of esters is 1. The van der Waals surface area contributed by atoms with Crippen LogP contribution in [0.25, 0.3) is 17.2 Å². The first kappa shape index (κ1) is 20.4. The summed E-state index contributed by atoms with van der Waals surface area (Å²) in [5.74, 6) is -0.874. The van der Waals surface area contributed by atoms with Gasteiger partial charge in [-0.1, -0.05) is 48.5 Å². The molecule has 0 aliphatic carbocycles. The van der Waals surface area contributed by atoms with Gasteiger partial charge in [0.05, 0.1) is 12.7 Å². The minimum Gasteiger partial charge on any atom is -0.493 e. The van der Waals surface area contributed by atoms with Crippen molar-refractivity contribution >= 4 is 18.0 Å². The first-order chi connectivity index (χ1) is 14.5. The molecule has 0 saturated carbocycles. The zero-order chi connectivity index (χ0) is 21.5. The number of primary amides is 1. The van der Waals surface area contributed by atoms with Gasteiger partial charge in [-0.05, 0) is 47.0 Å². The van der Waals surface area contributed by atoms with E-state index in [-0.39, 0.29) is 17.1 Å². The second-order valence-corrected chi connectivity index (χ2v) is 6.28. The molecule has 0 fully saturated rings. The van der Waals surface area contributed by atoms with Crippen molar-refractivity contribution in [3.63, 3.8) is 0 Å². The molecular formula is C24H18N2O4. The summed E-state index contributed by atoms with van der Waals surface area (Å²) in [7, 11) is 1.42. The van der Waals surface area contributed by atoms with E-state index >= 15 is 0 Å². The van der Waals surface area contributed by atoms with Gasteiger partial charge in [-0.15, -0.1) is 0 Å². The third-order valence-corrected chi connectivity index (χ3v) is 4.31. The summed E-state index contributed by atoms with van der Waals surface area (Å²) in [5.41, 5.74) is 7.89. The van der Waals surface area contributed by atoms with Crippen molar-refractivity contribution in [2.24, 2.45) is 5.73 Å². The first-order valence-electron chi connectivity index (χ1n) is 8.99. The lowest BCUT2D eigenvalue weighted by Crippen LogP contribution is -2.12. The molecule has 6 heteroatoms. The number of carbonyl (C=O) groups excluding carboxylic acids is 2. The molecule has 6 nitrogen and oxygen atoms in total. The van der Waals surface area contributed by atoms with Gasteiger partial charge in [0.1, 0.15) is 11.6 Å². The molecule has 3 aromatic rings. The molecule has 148 valence electrons. The molecule has 0 radical (unpaired) electrons. The van der Waals surface area contributed by atoms with E-state index in [2.05, 4.69) is 0 Å². The zero-order valence-corrected chi connectivity index (χ0v) is 16.2. The Morgan fingerprint density at radius 2 is 1.60 bits per heavy atom. The van der Waals surface area contributed by atoms with Crippen molar-refractivity contribution < 1.29 is 19.1 Å². The Kier molecular flexibility index (Phi) is 6.26. The number of hydrogen-bond donors (Lipinski definition) is 1. The lowest BCUT2D eigenvalue weighted by Gasteiger charge is -2.10. The Bertz CT molecular complexity index is 1140. The maximum atomic E-state index is 12.5. The molecule has 1 amide bonds. The van der Waals surface area contributed by atoms with Crippen LogP contribution in [-0.4, -0.2) is 19.0 Å². The van der Waals surface area contributed by atoms with Gasteiger partial charge >= 0.3 is 5.97 Å². The van der Waals surface area contributed by atoms with Crippen molar-refractivity contribution in [2.75, 3.05) is 7.11 Å². The van der Waals surface area contributed by atoms with Gasteiger partial charge in [0.2, 0.25) is 0 Å². The van der Waals surface area contributed by atoms with Crippen molar-refractivity contribution in [1.82, 2.24) is 0 Å². The molecule has 0 aliphatic rings. The van der Waals surface area contributed by atoms with Crippen LogP contribution in [0.2, 0.25) is 0 Å². The predicted molar refractivity (Wildman–Crippen MR) is 113 cm³/mol. The maximum Gasteiger partial charge on any atom is 0.343 e. The van der Waals surface area contributed by atoms with Crippen molar-refractivity contribution in [2.45, 2.75) is 0 Å². The first-order valence-corrected chi connectivity index (χ1v) is 8.99. The van der Waals surface area contributed by atoms with E-state index in [4.69, 9.17) is 20.5 Å². The SMILES string of the molecule is COc1cc(/C=C(\C#N)C(N)=O)ccc1OC(=O)c1ccc(-c2ccccc2)cc1. The number of methoxy groups -OCH3 is 1. The molecule has 0 saturated heterocycles. The topological polar surface area (TPSA) is 102 Å². The normalized spacial score (nSPS) is 10.7. The van der Waals surface area contributed by atoms with Crippen molar-refractivity contribution in [3.8, 4) is 28.7 Å². The van der Waals surface area contributed by atoms with Crippen LogP contribution in [0.1, 0.15) is 15.9 Å². The summed E-state index contributed by atoms with van der Waals surface area (Å²) in [5, 5.41) is 8.96. The summed E-state index contributed by atoms with van der Waals surface area (Å²) in [6.07, 6.45) is 1.33. The Morgan fingerprint density at radius 1 is 0.933 bits per heavy atom. The Morgan fingerprint density at radius 3 is 2.20 bits per heavy atom. The average Bonchev–Trinajstić information content (AvgIpc) is 2.78. The number of hydrogen-bond acceptors (Lipinski definition) is 5. The van der Waals surface area contributed by atoms with Crippen LogP contribution < -0.4 is 15.2 Å². The number of carbonyl (C=O) groups is 2. The number of benzene rings is 3. The van der Waals surface area contributed by atoms with E-state index in [0.29, 0.717) is 11.1 Å². The second-order valence-electron chi connectivity index (χ2n) is 6.28. The molecule has 30 heavy (non-hydrogen) atoms. The lowest BCUT2D eigenvalue weighted by molar-refractivity contribution is -0.114. The molecule has 0 aliphatic heterocycles. The highest BCUT2D eigenvalue weighted by molar-refractivity contribution is 6.00. The highest BCUT2D eigenvalue weighted by Gasteiger charge is 2.14. The van der Waals surface area contributed by atoms with E-state index in [9.17, 15) is 9.59 Å². The smallest absolute Gasteiger partial charge is 0.343 e. The third-order valence-electron chi connectivity index (χ3n) is 4.31. The van der Waals surface area contributed by atoms with E-state index in [1.54, 1.807) is 30.3 Å². The van der Waals surface area contributed by atoms with Crippen LogP contribution in [0.5, 0.6) is 11.5 Å². The summed E-state index contributed by atoms with van der Waals surface area (Å²) < 4.78 is 10.7. The van der Waals surface area contributed by atoms with Gasteiger partial charge < -0.3 is 15.2 Å². The number of rotatable bonds is 6. The molecule has 0 spiro atoms. The van der Waals surface area contributed by atoms with Gasteiger partial charge in [-0.25, -0.2) is 4.79 Å². The molecule has 0 bridgehead atoms. The third kappa shape index (κ3) is 4.72. The van der Waals surface area contributed by atoms with E-state index in [0.717, 1.165) is 11.1 Å². The maximum absolute atomic E-state index is 12.5. The lowest BCUT2D eigenvalue weighted by atomic mass is 10.0. The van der Waals surface area contributed by atoms with Crippen LogP contribution >= 0.6 is 0 Å².